The zero-order valence-electron chi connectivity index (χ0n) is 10.6. The lowest BCUT2D eigenvalue weighted by molar-refractivity contribution is -0.105. The molecule has 0 saturated heterocycles. The molecule has 0 saturated carbocycles. The molecule has 16 heavy (non-hydrogen) atoms. The van der Waals surface area contributed by atoms with Crippen molar-refractivity contribution < 1.29 is 18.9 Å². The molecule has 0 aromatic carbocycles. The highest BCUT2D eigenvalue weighted by molar-refractivity contribution is 5.05. The summed E-state index contributed by atoms with van der Waals surface area (Å²) in [5.74, 6) is 5.69. The fraction of sp³-hybridized carbons (Fsp3) is 0.833. The minimum absolute atomic E-state index is 0.501. The Hall–Kier alpha value is -0.600. The van der Waals surface area contributed by atoms with E-state index in [-0.39, 0.29) is 0 Å². The molecule has 0 rings (SSSR count). The fourth-order valence-electron chi connectivity index (χ4n) is 1.00. The third kappa shape index (κ3) is 7.66. The average molecular weight is 230 g/mol. The molecule has 4 heteroatoms. The molecular formula is C12H22O4. The molecule has 4 nitrogen and oxygen atoms in total. The predicted molar refractivity (Wildman–Crippen MR) is 61.9 cm³/mol. The van der Waals surface area contributed by atoms with Crippen molar-refractivity contribution in [1.29, 1.82) is 0 Å². The molecule has 0 aromatic rings. The van der Waals surface area contributed by atoms with E-state index in [4.69, 9.17) is 18.9 Å². The molecule has 0 aromatic heterocycles. The first kappa shape index (κ1) is 15.4. The standard InChI is InChI=1S/C12H22O4/c1-5-13-11(14-6-2)9-10-12(15-7-3)16-8-4/h11-12H,5-8H2,1-4H3. The van der Waals surface area contributed by atoms with Crippen molar-refractivity contribution in [2.75, 3.05) is 26.4 Å². The third-order valence-electron chi connectivity index (χ3n) is 1.59. The third-order valence-corrected chi connectivity index (χ3v) is 1.59. The van der Waals surface area contributed by atoms with E-state index in [1.807, 2.05) is 27.7 Å². The van der Waals surface area contributed by atoms with Crippen molar-refractivity contribution in [2.45, 2.75) is 40.3 Å². The van der Waals surface area contributed by atoms with E-state index in [2.05, 4.69) is 11.8 Å². The quantitative estimate of drug-likeness (QED) is 0.470. The lowest BCUT2D eigenvalue weighted by atomic mass is 10.5. The second-order valence-corrected chi connectivity index (χ2v) is 2.77. The molecule has 0 atom stereocenters. The van der Waals surface area contributed by atoms with Crippen molar-refractivity contribution in [3.63, 3.8) is 0 Å². The van der Waals surface area contributed by atoms with Crippen LogP contribution in [0.5, 0.6) is 0 Å². The van der Waals surface area contributed by atoms with Crippen molar-refractivity contribution in [2.24, 2.45) is 0 Å². The van der Waals surface area contributed by atoms with Gasteiger partial charge in [0.25, 0.3) is 0 Å². The molecule has 0 unspecified atom stereocenters. The van der Waals surface area contributed by atoms with Gasteiger partial charge in [-0.25, -0.2) is 0 Å². The van der Waals surface area contributed by atoms with Crippen LogP contribution in [0, 0.1) is 11.8 Å². The Morgan fingerprint density at radius 3 is 1.06 bits per heavy atom. The van der Waals surface area contributed by atoms with Gasteiger partial charge in [0.05, 0.1) is 0 Å². The highest BCUT2D eigenvalue weighted by Gasteiger charge is 2.05. The summed E-state index contributed by atoms with van der Waals surface area (Å²) in [7, 11) is 0. The van der Waals surface area contributed by atoms with Crippen molar-refractivity contribution in [1.82, 2.24) is 0 Å². The maximum absolute atomic E-state index is 5.28. The van der Waals surface area contributed by atoms with Crippen LogP contribution in [0.3, 0.4) is 0 Å². The molecule has 0 radical (unpaired) electrons. The largest absolute Gasteiger partial charge is 0.342 e. The number of hydrogen-bond acceptors (Lipinski definition) is 4. The molecule has 94 valence electrons. The topological polar surface area (TPSA) is 36.9 Å². The summed E-state index contributed by atoms with van der Waals surface area (Å²) in [5, 5.41) is 0. The molecule has 0 fully saturated rings. The smallest absolute Gasteiger partial charge is 0.222 e. The SMILES string of the molecule is CCOC(C#CC(OCC)OCC)OCC. The van der Waals surface area contributed by atoms with Crippen LogP contribution in [0.2, 0.25) is 0 Å². The minimum Gasteiger partial charge on any atom is -0.342 e. The minimum atomic E-state index is -0.501. The van der Waals surface area contributed by atoms with Crippen LogP contribution in [-0.2, 0) is 18.9 Å². The van der Waals surface area contributed by atoms with Gasteiger partial charge < -0.3 is 18.9 Å². The summed E-state index contributed by atoms with van der Waals surface area (Å²) in [6.45, 7) is 9.85. The summed E-state index contributed by atoms with van der Waals surface area (Å²) >= 11 is 0. The van der Waals surface area contributed by atoms with E-state index in [0.29, 0.717) is 26.4 Å². The second-order valence-electron chi connectivity index (χ2n) is 2.77. The van der Waals surface area contributed by atoms with Crippen LogP contribution < -0.4 is 0 Å². The van der Waals surface area contributed by atoms with E-state index in [1.54, 1.807) is 0 Å². The van der Waals surface area contributed by atoms with E-state index in [1.165, 1.54) is 0 Å². The van der Waals surface area contributed by atoms with Gasteiger partial charge in [0.15, 0.2) is 0 Å². The van der Waals surface area contributed by atoms with Crippen molar-refractivity contribution in [3.05, 3.63) is 0 Å². The Kier molecular flexibility index (Phi) is 10.5. The van der Waals surface area contributed by atoms with E-state index < -0.39 is 12.6 Å². The molecule has 0 N–H and O–H groups in total. The average Bonchev–Trinajstić information content (AvgIpc) is 2.27. The molecule has 0 spiro atoms. The first-order chi connectivity index (χ1) is 7.78. The maximum atomic E-state index is 5.28. The van der Waals surface area contributed by atoms with Gasteiger partial charge in [0, 0.05) is 26.4 Å². The summed E-state index contributed by atoms with van der Waals surface area (Å²) in [6, 6.07) is 0. The zero-order chi connectivity index (χ0) is 12.2. The van der Waals surface area contributed by atoms with Gasteiger partial charge in [-0.3, -0.25) is 0 Å². The summed E-state index contributed by atoms with van der Waals surface area (Å²) in [5.41, 5.74) is 0. The number of rotatable bonds is 8. The van der Waals surface area contributed by atoms with E-state index in [0.717, 1.165) is 0 Å². The first-order valence-electron chi connectivity index (χ1n) is 5.75. The van der Waals surface area contributed by atoms with Gasteiger partial charge in [0.2, 0.25) is 12.6 Å². The molecule has 0 amide bonds. The Morgan fingerprint density at radius 2 is 0.875 bits per heavy atom. The van der Waals surface area contributed by atoms with Gasteiger partial charge in [-0.15, -0.1) is 0 Å². The monoisotopic (exact) mass is 230 g/mol. The van der Waals surface area contributed by atoms with Gasteiger partial charge in [0.1, 0.15) is 0 Å². The van der Waals surface area contributed by atoms with Crippen LogP contribution in [0.1, 0.15) is 27.7 Å². The Bertz CT molecular complexity index is 175. The van der Waals surface area contributed by atoms with Gasteiger partial charge in [-0.05, 0) is 39.5 Å². The second kappa shape index (κ2) is 10.9. The molecule has 0 aliphatic carbocycles. The van der Waals surface area contributed by atoms with Crippen molar-refractivity contribution in [3.8, 4) is 11.8 Å². The maximum Gasteiger partial charge on any atom is 0.222 e. The number of hydrogen-bond donors (Lipinski definition) is 0. The summed E-state index contributed by atoms with van der Waals surface area (Å²) < 4.78 is 21.1. The Balaban J connectivity index is 4.22. The predicted octanol–water partition coefficient (Wildman–Crippen LogP) is 1.79. The Labute approximate surface area is 98.2 Å². The lowest BCUT2D eigenvalue weighted by Gasteiger charge is -2.12. The molecule has 0 aliphatic heterocycles. The van der Waals surface area contributed by atoms with Gasteiger partial charge >= 0.3 is 0 Å². The van der Waals surface area contributed by atoms with E-state index >= 15 is 0 Å². The number of ether oxygens (including phenoxy) is 4. The molecule has 0 bridgehead atoms. The van der Waals surface area contributed by atoms with Crippen LogP contribution in [0.15, 0.2) is 0 Å². The highest BCUT2D eigenvalue weighted by atomic mass is 16.7. The molecule has 0 heterocycles. The normalized spacial score (nSPS) is 10.6. The van der Waals surface area contributed by atoms with Gasteiger partial charge in [-0.1, -0.05) is 0 Å². The van der Waals surface area contributed by atoms with Crippen molar-refractivity contribution >= 4 is 0 Å². The lowest BCUT2D eigenvalue weighted by Crippen LogP contribution is -2.18. The zero-order valence-corrected chi connectivity index (χ0v) is 10.6. The first-order valence-corrected chi connectivity index (χ1v) is 5.75. The highest BCUT2D eigenvalue weighted by Crippen LogP contribution is 1.96. The van der Waals surface area contributed by atoms with Crippen LogP contribution in [-0.4, -0.2) is 39.0 Å². The Morgan fingerprint density at radius 1 is 0.625 bits per heavy atom. The molecular weight excluding hydrogens is 208 g/mol. The van der Waals surface area contributed by atoms with Crippen LogP contribution in [0.25, 0.3) is 0 Å². The summed E-state index contributed by atoms with van der Waals surface area (Å²) in [4.78, 5) is 0. The van der Waals surface area contributed by atoms with Crippen LogP contribution >= 0.6 is 0 Å². The fourth-order valence-corrected chi connectivity index (χ4v) is 1.00. The molecule has 0 aliphatic rings. The van der Waals surface area contributed by atoms with Crippen LogP contribution in [0.4, 0.5) is 0 Å². The van der Waals surface area contributed by atoms with E-state index in [9.17, 15) is 0 Å². The summed E-state index contributed by atoms with van der Waals surface area (Å²) in [6.07, 6.45) is -1.00. The van der Waals surface area contributed by atoms with Gasteiger partial charge in [-0.2, -0.15) is 0 Å².